The van der Waals surface area contributed by atoms with Gasteiger partial charge in [-0.3, -0.25) is 14.9 Å². The van der Waals surface area contributed by atoms with Crippen molar-refractivity contribution in [3.63, 3.8) is 0 Å². The molecule has 9 nitrogen and oxygen atoms in total. The molecule has 1 amide bonds. The fraction of sp³-hybridized carbons (Fsp3) is 0.440. The Labute approximate surface area is 198 Å². The van der Waals surface area contributed by atoms with Crippen molar-refractivity contribution in [1.29, 1.82) is 5.26 Å². The number of hydrogen-bond acceptors (Lipinski definition) is 6. The van der Waals surface area contributed by atoms with Crippen LogP contribution in [-0.2, 0) is 9.53 Å². The van der Waals surface area contributed by atoms with Crippen molar-refractivity contribution in [3.05, 3.63) is 56.9 Å². The number of nitro benzene ring substituents is 1. The monoisotopic (exact) mass is 463 g/mol. The van der Waals surface area contributed by atoms with Gasteiger partial charge in [-0.25, -0.2) is 0 Å². The maximum absolute atomic E-state index is 12.5. The van der Waals surface area contributed by atoms with Gasteiger partial charge in [0.1, 0.15) is 17.3 Å². The molecule has 2 aliphatic heterocycles. The Balaban J connectivity index is 1.61. The maximum Gasteiger partial charge on any atom is 0.294 e. The predicted octanol–water partition coefficient (Wildman–Crippen LogP) is 3.80. The Hall–Kier alpha value is -3.64. The third kappa shape index (κ3) is 4.82. The largest absolute Gasteiger partial charge is 0.376 e. The first-order valence-corrected chi connectivity index (χ1v) is 11.6. The molecule has 34 heavy (non-hydrogen) atoms. The number of nitrogens with one attached hydrogen (secondary N) is 1. The summed E-state index contributed by atoms with van der Waals surface area (Å²) >= 11 is 0. The van der Waals surface area contributed by atoms with Gasteiger partial charge in [0.05, 0.1) is 16.7 Å². The van der Waals surface area contributed by atoms with Crippen molar-refractivity contribution in [3.8, 4) is 11.8 Å². The van der Waals surface area contributed by atoms with Crippen LogP contribution in [0.1, 0.15) is 42.6 Å². The second-order valence-electron chi connectivity index (χ2n) is 8.80. The van der Waals surface area contributed by atoms with Crippen molar-refractivity contribution in [2.75, 3.05) is 31.1 Å². The molecule has 0 spiro atoms. The van der Waals surface area contributed by atoms with Crippen LogP contribution in [0.5, 0.6) is 0 Å². The van der Waals surface area contributed by atoms with E-state index < -0.39 is 5.91 Å². The zero-order chi connectivity index (χ0) is 24.2. The third-order valence-electron chi connectivity index (χ3n) is 6.51. The number of nitrogens with zero attached hydrogens (tertiary/aromatic N) is 4. The predicted molar refractivity (Wildman–Crippen MR) is 129 cm³/mol. The summed E-state index contributed by atoms with van der Waals surface area (Å²) in [7, 11) is 0. The molecule has 0 saturated carbocycles. The lowest BCUT2D eigenvalue weighted by molar-refractivity contribution is -0.384. The van der Waals surface area contributed by atoms with Crippen LogP contribution in [0, 0.1) is 35.3 Å². The van der Waals surface area contributed by atoms with Crippen LogP contribution in [0.25, 0.3) is 11.8 Å². The van der Waals surface area contributed by atoms with Gasteiger partial charge in [0.2, 0.25) is 0 Å². The second-order valence-corrected chi connectivity index (χ2v) is 8.80. The SMILES string of the molecule is Cc1cc(/C=C(\C#N)C(=O)NC[C@@H]2CCCO2)c(C)n1-c1ccc(N2CCCC2)c([N+](=O)[O-])c1. The fourth-order valence-corrected chi connectivity index (χ4v) is 4.76. The van der Waals surface area contributed by atoms with Crippen molar-refractivity contribution < 1.29 is 14.5 Å². The molecule has 2 aliphatic rings. The summed E-state index contributed by atoms with van der Waals surface area (Å²) < 4.78 is 7.43. The third-order valence-corrected chi connectivity index (χ3v) is 6.51. The van der Waals surface area contributed by atoms with Gasteiger partial charge in [-0.2, -0.15) is 5.26 Å². The standard InChI is InChI=1S/C25H29N5O4/c1-17-12-19(13-20(15-26)25(31)27-16-22-6-5-11-34-22)18(2)29(17)21-7-8-23(24(14-21)30(32)33)28-9-3-4-10-28/h7-8,12-14,22H,3-6,9-11,16H2,1-2H3,(H,27,31)/b20-13+/t22-/m0/s1. The first-order chi connectivity index (χ1) is 16.4. The number of carbonyl (C=O) groups excluding carboxylic acids is 1. The average molecular weight is 464 g/mol. The van der Waals surface area contributed by atoms with Gasteiger partial charge in [0, 0.05) is 43.7 Å². The Morgan fingerprint density at radius 1 is 1.29 bits per heavy atom. The summed E-state index contributed by atoms with van der Waals surface area (Å²) in [5.74, 6) is -0.437. The van der Waals surface area contributed by atoms with Gasteiger partial charge in [-0.05, 0) is 69.4 Å². The minimum Gasteiger partial charge on any atom is -0.376 e. The number of ether oxygens (including phenoxy) is 1. The normalized spacial score (nSPS) is 18.2. The van der Waals surface area contributed by atoms with Crippen LogP contribution < -0.4 is 10.2 Å². The summed E-state index contributed by atoms with van der Waals surface area (Å²) in [6.45, 7) is 6.49. The molecule has 1 atom stereocenters. The first kappa shape index (κ1) is 23.5. The topological polar surface area (TPSA) is 113 Å². The van der Waals surface area contributed by atoms with Gasteiger partial charge in [0.25, 0.3) is 11.6 Å². The van der Waals surface area contributed by atoms with Crippen molar-refractivity contribution >= 4 is 23.4 Å². The van der Waals surface area contributed by atoms with E-state index in [0.717, 1.165) is 50.2 Å². The summed E-state index contributed by atoms with van der Waals surface area (Å²) in [6.07, 6.45) is 5.50. The Bertz CT molecular complexity index is 1160. The highest BCUT2D eigenvalue weighted by Crippen LogP contribution is 2.34. The molecule has 3 heterocycles. The molecule has 1 aromatic heterocycles. The molecule has 9 heteroatoms. The van der Waals surface area contributed by atoms with Gasteiger partial charge >= 0.3 is 0 Å². The highest BCUT2D eigenvalue weighted by Gasteiger charge is 2.24. The van der Waals surface area contributed by atoms with E-state index in [1.54, 1.807) is 12.1 Å². The highest BCUT2D eigenvalue weighted by atomic mass is 16.6. The molecule has 1 N–H and O–H groups in total. The maximum atomic E-state index is 12.5. The zero-order valence-corrected chi connectivity index (χ0v) is 19.5. The number of aromatic nitrogens is 1. The molecular formula is C25H29N5O4. The molecule has 2 saturated heterocycles. The van der Waals surface area contributed by atoms with Crippen LogP contribution in [-0.4, -0.2) is 47.7 Å². The van der Waals surface area contributed by atoms with Crippen LogP contribution in [0.3, 0.4) is 0 Å². The minimum absolute atomic E-state index is 0.00622. The Kier molecular flexibility index (Phi) is 6.98. The van der Waals surface area contributed by atoms with Gasteiger partial charge in [-0.1, -0.05) is 0 Å². The first-order valence-electron chi connectivity index (χ1n) is 11.6. The van der Waals surface area contributed by atoms with E-state index in [1.165, 1.54) is 0 Å². The van der Waals surface area contributed by atoms with E-state index >= 15 is 0 Å². The molecule has 0 aliphatic carbocycles. The van der Waals surface area contributed by atoms with Crippen molar-refractivity contribution in [2.45, 2.75) is 45.6 Å². The van der Waals surface area contributed by atoms with Crippen LogP contribution in [0.15, 0.2) is 29.8 Å². The summed E-state index contributed by atoms with van der Waals surface area (Å²) in [5, 5.41) is 24.2. The molecule has 2 aromatic rings. The molecule has 4 rings (SSSR count). The van der Waals surface area contributed by atoms with E-state index in [4.69, 9.17) is 4.74 Å². The molecule has 0 radical (unpaired) electrons. The zero-order valence-electron chi connectivity index (χ0n) is 19.5. The summed E-state index contributed by atoms with van der Waals surface area (Å²) in [5.41, 5.74) is 3.76. The number of nitro groups is 1. The minimum atomic E-state index is -0.437. The Morgan fingerprint density at radius 3 is 2.71 bits per heavy atom. The number of rotatable bonds is 7. The van der Waals surface area contributed by atoms with Crippen molar-refractivity contribution in [1.82, 2.24) is 9.88 Å². The van der Waals surface area contributed by atoms with E-state index in [-0.39, 0.29) is 22.3 Å². The second kappa shape index (κ2) is 10.1. The van der Waals surface area contributed by atoms with Crippen LogP contribution in [0.2, 0.25) is 0 Å². The van der Waals surface area contributed by atoms with Gasteiger partial charge < -0.3 is 19.5 Å². The van der Waals surface area contributed by atoms with Crippen molar-refractivity contribution in [2.24, 2.45) is 0 Å². The van der Waals surface area contributed by atoms with Gasteiger partial charge in [0.15, 0.2) is 0 Å². The Morgan fingerprint density at radius 2 is 2.06 bits per heavy atom. The summed E-state index contributed by atoms with van der Waals surface area (Å²) in [6, 6.07) is 9.16. The molecule has 178 valence electrons. The molecular weight excluding hydrogens is 434 g/mol. The number of nitriles is 1. The molecule has 0 bridgehead atoms. The average Bonchev–Trinajstić information content (AvgIpc) is 3.58. The number of carbonyl (C=O) groups is 1. The smallest absolute Gasteiger partial charge is 0.294 e. The van der Waals surface area contributed by atoms with Gasteiger partial charge in [-0.15, -0.1) is 0 Å². The number of aryl methyl sites for hydroxylation is 1. The van der Waals surface area contributed by atoms with E-state index in [1.807, 2.05) is 42.7 Å². The molecule has 0 unspecified atom stereocenters. The summed E-state index contributed by atoms with van der Waals surface area (Å²) in [4.78, 5) is 26.1. The number of hydrogen-bond donors (Lipinski definition) is 1. The molecule has 1 aromatic carbocycles. The number of anilines is 1. The lowest BCUT2D eigenvalue weighted by Gasteiger charge is -2.19. The van der Waals surface area contributed by atoms with Crippen LogP contribution in [0.4, 0.5) is 11.4 Å². The highest BCUT2D eigenvalue weighted by molar-refractivity contribution is 6.01. The van der Waals surface area contributed by atoms with E-state index in [0.29, 0.717) is 30.1 Å². The molecule has 2 fully saturated rings. The number of benzene rings is 1. The quantitative estimate of drug-likeness (QED) is 0.289. The lowest BCUT2D eigenvalue weighted by Crippen LogP contribution is -2.32. The fourth-order valence-electron chi connectivity index (χ4n) is 4.76. The van der Waals surface area contributed by atoms with E-state index in [2.05, 4.69) is 10.2 Å². The van der Waals surface area contributed by atoms with E-state index in [9.17, 15) is 20.2 Å². The van der Waals surface area contributed by atoms with Crippen LogP contribution >= 0.6 is 0 Å². The number of amides is 1. The lowest BCUT2D eigenvalue weighted by atomic mass is 10.1.